The molecule has 2 N–H and O–H groups in total. The predicted molar refractivity (Wildman–Crippen MR) is 150 cm³/mol. The molecule has 4 rings (SSSR count). The molecule has 2 aromatic carbocycles. The molecule has 8 nitrogen and oxygen atoms in total. The molecule has 0 aliphatic carbocycles. The first-order valence-electron chi connectivity index (χ1n) is 12.9. The van der Waals surface area contributed by atoms with Gasteiger partial charge in [-0.25, -0.2) is 9.97 Å². The number of anilines is 1. The molecule has 1 fully saturated rings. The first kappa shape index (κ1) is 27.0. The number of aryl methyl sites for hydroxylation is 1. The Balaban J connectivity index is 1.46. The fourth-order valence-electron chi connectivity index (χ4n) is 4.77. The van der Waals surface area contributed by atoms with E-state index in [0.717, 1.165) is 72.8 Å². The van der Waals surface area contributed by atoms with Crippen molar-refractivity contribution in [2.24, 2.45) is 10.9 Å². The Morgan fingerprint density at radius 3 is 2.63 bits per heavy atom. The van der Waals surface area contributed by atoms with Gasteiger partial charge in [0.2, 0.25) is 5.91 Å². The van der Waals surface area contributed by atoms with Crippen LogP contribution in [0.25, 0.3) is 0 Å². The van der Waals surface area contributed by atoms with Crippen molar-refractivity contribution in [3.05, 3.63) is 89.9 Å². The van der Waals surface area contributed by atoms with Gasteiger partial charge in [0.05, 0.1) is 23.6 Å². The van der Waals surface area contributed by atoms with Crippen LogP contribution in [0.3, 0.4) is 0 Å². The number of nitrogen functional groups attached to an aromatic ring is 1. The Hall–Kier alpha value is -4.04. The summed E-state index contributed by atoms with van der Waals surface area (Å²) in [5, 5.41) is 0. The van der Waals surface area contributed by atoms with Crippen LogP contribution < -0.4 is 10.5 Å². The fourth-order valence-corrected chi connectivity index (χ4v) is 4.77. The highest BCUT2D eigenvalue weighted by Gasteiger charge is 2.24. The third kappa shape index (κ3) is 7.04. The lowest BCUT2D eigenvalue weighted by molar-refractivity contribution is -0.127. The maximum atomic E-state index is 12.5. The standard InChI is InChI=1S/C30H35N5O3/c1-32-29(23-13-15-25(16-14-23)38-24-9-4-3-5-10-24)28-26(33-21-34-30(28)31)17-12-22-8-6-18-35(20-22)27(36)11-7-19-37-2/h3-5,7,9-11,13-16,21-22H,6,8,12,17-20H2,1-2H3,(H2,31,33,34)/b11-7+,32-29?. The molecule has 3 aromatic rings. The third-order valence-corrected chi connectivity index (χ3v) is 6.67. The molecule has 1 amide bonds. The average Bonchev–Trinajstić information content (AvgIpc) is 2.95. The number of rotatable bonds is 10. The van der Waals surface area contributed by atoms with Crippen molar-refractivity contribution >= 4 is 17.4 Å². The normalized spacial score (nSPS) is 16.1. The Morgan fingerprint density at radius 2 is 1.89 bits per heavy atom. The molecule has 1 aromatic heterocycles. The first-order chi connectivity index (χ1) is 18.6. The van der Waals surface area contributed by atoms with Gasteiger partial charge in [-0.2, -0.15) is 0 Å². The van der Waals surface area contributed by atoms with Gasteiger partial charge in [0, 0.05) is 38.9 Å². The van der Waals surface area contributed by atoms with Crippen LogP contribution in [0, 0.1) is 5.92 Å². The van der Waals surface area contributed by atoms with Gasteiger partial charge in [0.1, 0.15) is 23.6 Å². The molecule has 38 heavy (non-hydrogen) atoms. The van der Waals surface area contributed by atoms with E-state index >= 15 is 0 Å². The summed E-state index contributed by atoms with van der Waals surface area (Å²) in [4.78, 5) is 27.9. The fraction of sp³-hybridized carbons (Fsp3) is 0.333. The molecule has 0 radical (unpaired) electrons. The number of amides is 1. The van der Waals surface area contributed by atoms with Crippen molar-refractivity contribution in [2.45, 2.75) is 25.7 Å². The van der Waals surface area contributed by atoms with E-state index in [1.165, 1.54) is 6.33 Å². The molecular weight excluding hydrogens is 478 g/mol. The maximum absolute atomic E-state index is 12.5. The van der Waals surface area contributed by atoms with Crippen LogP contribution in [0.5, 0.6) is 11.5 Å². The summed E-state index contributed by atoms with van der Waals surface area (Å²) < 4.78 is 10.9. The van der Waals surface area contributed by atoms with Gasteiger partial charge in [0.25, 0.3) is 0 Å². The van der Waals surface area contributed by atoms with Gasteiger partial charge in [0.15, 0.2) is 0 Å². The zero-order valence-electron chi connectivity index (χ0n) is 22.0. The van der Waals surface area contributed by atoms with E-state index in [2.05, 4.69) is 15.0 Å². The molecule has 8 heteroatoms. The summed E-state index contributed by atoms with van der Waals surface area (Å²) in [6, 6.07) is 17.4. The van der Waals surface area contributed by atoms with Crippen LogP contribution in [0.2, 0.25) is 0 Å². The van der Waals surface area contributed by atoms with Crippen molar-refractivity contribution in [1.29, 1.82) is 0 Å². The van der Waals surface area contributed by atoms with Gasteiger partial charge in [-0.1, -0.05) is 24.3 Å². The summed E-state index contributed by atoms with van der Waals surface area (Å²) in [7, 11) is 3.37. The van der Waals surface area contributed by atoms with E-state index in [4.69, 9.17) is 15.2 Å². The van der Waals surface area contributed by atoms with Gasteiger partial charge in [-0.15, -0.1) is 0 Å². The number of nitrogens with zero attached hydrogens (tertiary/aromatic N) is 4. The van der Waals surface area contributed by atoms with Gasteiger partial charge in [-0.3, -0.25) is 9.79 Å². The second-order valence-corrected chi connectivity index (χ2v) is 9.28. The lowest BCUT2D eigenvalue weighted by atomic mass is 9.90. The maximum Gasteiger partial charge on any atom is 0.246 e. The smallest absolute Gasteiger partial charge is 0.246 e. The summed E-state index contributed by atoms with van der Waals surface area (Å²) >= 11 is 0. The van der Waals surface area contributed by atoms with Crippen molar-refractivity contribution in [2.75, 3.05) is 39.6 Å². The second kappa shape index (κ2) is 13.5. The Bertz CT molecular complexity index is 1260. The third-order valence-electron chi connectivity index (χ3n) is 6.67. The minimum atomic E-state index is 0.0406. The van der Waals surface area contributed by atoms with E-state index in [-0.39, 0.29) is 5.91 Å². The number of nitrogens with two attached hydrogens (primary N) is 1. The van der Waals surface area contributed by atoms with Crippen molar-refractivity contribution in [3.8, 4) is 11.5 Å². The molecule has 2 heterocycles. The SMILES string of the molecule is CN=C(c1ccc(Oc2ccccc2)cc1)c1c(N)ncnc1CCC1CCCN(C(=O)/C=C/COC)C1. The number of hydrogen-bond donors (Lipinski definition) is 1. The number of carbonyl (C=O) groups is 1. The number of carbonyl (C=O) groups excluding carboxylic acids is 1. The van der Waals surface area contributed by atoms with E-state index in [1.807, 2.05) is 59.5 Å². The lowest BCUT2D eigenvalue weighted by Crippen LogP contribution is -2.39. The van der Waals surface area contributed by atoms with Crippen molar-refractivity contribution in [1.82, 2.24) is 14.9 Å². The Labute approximate surface area is 224 Å². The van der Waals surface area contributed by atoms with Crippen molar-refractivity contribution < 1.29 is 14.3 Å². The monoisotopic (exact) mass is 513 g/mol. The number of methoxy groups -OCH3 is 1. The summed E-state index contributed by atoms with van der Waals surface area (Å²) in [6.45, 7) is 1.96. The van der Waals surface area contributed by atoms with E-state index in [0.29, 0.717) is 18.3 Å². The first-order valence-corrected chi connectivity index (χ1v) is 12.9. The molecule has 1 aliphatic heterocycles. The largest absolute Gasteiger partial charge is 0.457 e. The molecule has 0 saturated carbocycles. The number of aromatic nitrogens is 2. The molecule has 198 valence electrons. The summed E-state index contributed by atoms with van der Waals surface area (Å²) in [5.41, 5.74) is 9.65. The second-order valence-electron chi connectivity index (χ2n) is 9.28. The molecule has 0 bridgehead atoms. The van der Waals surface area contributed by atoms with Crippen LogP contribution in [-0.4, -0.2) is 60.3 Å². The molecule has 0 spiro atoms. The highest BCUT2D eigenvalue weighted by molar-refractivity contribution is 6.15. The van der Waals surface area contributed by atoms with E-state index < -0.39 is 0 Å². The van der Waals surface area contributed by atoms with Gasteiger partial charge < -0.3 is 20.1 Å². The minimum Gasteiger partial charge on any atom is -0.457 e. The van der Waals surface area contributed by atoms with Gasteiger partial charge in [-0.05, 0) is 68.0 Å². The molecule has 1 aliphatic rings. The number of benzene rings is 2. The minimum absolute atomic E-state index is 0.0406. The summed E-state index contributed by atoms with van der Waals surface area (Å²) in [5.74, 6) is 2.36. The highest BCUT2D eigenvalue weighted by atomic mass is 16.5. The highest BCUT2D eigenvalue weighted by Crippen LogP contribution is 2.27. The quantitative estimate of drug-likeness (QED) is 0.312. The van der Waals surface area contributed by atoms with E-state index in [1.54, 1.807) is 26.3 Å². The number of aliphatic imine (C=N–C) groups is 1. The lowest BCUT2D eigenvalue weighted by Gasteiger charge is -2.32. The van der Waals surface area contributed by atoms with Crippen molar-refractivity contribution in [3.63, 3.8) is 0 Å². The molecule has 1 unspecified atom stereocenters. The molecular formula is C30H35N5O3. The van der Waals surface area contributed by atoms with Crippen LogP contribution in [0.4, 0.5) is 5.82 Å². The summed E-state index contributed by atoms with van der Waals surface area (Å²) in [6.07, 6.45) is 8.57. The molecule has 1 atom stereocenters. The topological polar surface area (TPSA) is 103 Å². The zero-order valence-corrected chi connectivity index (χ0v) is 22.0. The number of para-hydroxylation sites is 1. The predicted octanol–water partition coefficient (Wildman–Crippen LogP) is 4.69. The number of hydrogen-bond acceptors (Lipinski definition) is 7. The molecule has 1 saturated heterocycles. The average molecular weight is 514 g/mol. The van der Waals surface area contributed by atoms with Crippen LogP contribution in [0.1, 0.15) is 36.1 Å². The zero-order chi connectivity index (χ0) is 26.7. The Kier molecular flexibility index (Phi) is 9.59. The number of ether oxygens (including phenoxy) is 2. The van der Waals surface area contributed by atoms with E-state index in [9.17, 15) is 4.79 Å². The van der Waals surface area contributed by atoms with Crippen LogP contribution >= 0.6 is 0 Å². The van der Waals surface area contributed by atoms with Crippen LogP contribution in [0.15, 0.2) is 78.1 Å². The van der Waals surface area contributed by atoms with Crippen LogP contribution in [-0.2, 0) is 16.0 Å². The number of piperidine rings is 1. The Morgan fingerprint density at radius 1 is 1.13 bits per heavy atom. The van der Waals surface area contributed by atoms with Gasteiger partial charge >= 0.3 is 0 Å². The number of likely N-dealkylation sites (tertiary alicyclic amines) is 1.